The van der Waals surface area contributed by atoms with Gasteiger partial charge in [0.1, 0.15) is 5.75 Å². The molecule has 0 fully saturated rings. The zero-order chi connectivity index (χ0) is 12.3. The largest absolute Gasteiger partial charge is 0.494 e. The van der Waals surface area contributed by atoms with E-state index in [1.54, 1.807) is 0 Å². The average Bonchev–Trinajstić information content (AvgIpc) is 2.34. The van der Waals surface area contributed by atoms with Gasteiger partial charge in [-0.1, -0.05) is 35.2 Å². The van der Waals surface area contributed by atoms with E-state index in [2.05, 4.69) is 52.7 Å². The monoisotopic (exact) mass is 341 g/mol. The summed E-state index contributed by atoms with van der Waals surface area (Å²) in [6.45, 7) is 6.73. The fourth-order valence-electron chi connectivity index (χ4n) is 1.75. The Morgan fingerprint density at radius 1 is 1.41 bits per heavy atom. The molecule has 1 aromatic rings. The van der Waals surface area contributed by atoms with Gasteiger partial charge in [0.2, 0.25) is 0 Å². The summed E-state index contributed by atoms with van der Waals surface area (Å²) >= 11 is 2.40. The van der Waals surface area contributed by atoms with Crippen molar-refractivity contribution in [3.8, 4) is 5.75 Å². The second kappa shape index (κ2) is 5.58. The number of benzene rings is 1. The summed E-state index contributed by atoms with van der Waals surface area (Å²) in [5, 5.41) is 3.35. The first kappa shape index (κ1) is 12.5. The first-order valence-electron chi connectivity index (χ1n) is 5.74. The number of alkyl halides is 1. The molecule has 17 heavy (non-hydrogen) atoms. The van der Waals surface area contributed by atoms with Crippen molar-refractivity contribution in [2.45, 2.75) is 17.3 Å². The maximum atomic E-state index is 5.43. The summed E-state index contributed by atoms with van der Waals surface area (Å²) in [5.41, 5.74) is 3.40. The predicted octanol–water partition coefficient (Wildman–Crippen LogP) is 3.74. The number of allylic oxidation sites excluding steroid dienone is 2. The highest BCUT2D eigenvalue weighted by molar-refractivity contribution is 14.1. The van der Waals surface area contributed by atoms with Gasteiger partial charge in [0.05, 0.1) is 10.5 Å². The molecule has 1 aliphatic rings. The minimum absolute atomic E-state index is 0.485. The fraction of sp³-hybridized carbons (Fsp3) is 0.286. The Morgan fingerprint density at radius 3 is 2.71 bits per heavy atom. The topological polar surface area (TPSA) is 21.3 Å². The molecule has 1 heterocycles. The first-order valence-corrected chi connectivity index (χ1v) is 6.98. The zero-order valence-electron chi connectivity index (χ0n) is 9.87. The van der Waals surface area contributed by atoms with Gasteiger partial charge in [0, 0.05) is 11.4 Å². The third kappa shape index (κ3) is 3.03. The lowest BCUT2D eigenvalue weighted by Crippen LogP contribution is -2.22. The van der Waals surface area contributed by atoms with E-state index in [9.17, 15) is 0 Å². The molecule has 1 atom stereocenters. The highest BCUT2D eigenvalue weighted by atomic mass is 127. The van der Waals surface area contributed by atoms with Crippen molar-refractivity contribution in [2.75, 3.05) is 6.61 Å². The number of hydrogen-bond donors (Lipinski definition) is 1. The molecule has 1 unspecified atom stereocenters. The van der Waals surface area contributed by atoms with Crippen LogP contribution >= 0.6 is 22.6 Å². The number of halogens is 1. The summed E-state index contributed by atoms with van der Waals surface area (Å²) < 4.78 is 5.91. The van der Waals surface area contributed by atoms with Crippen molar-refractivity contribution < 1.29 is 4.74 Å². The lowest BCUT2D eigenvalue weighted by atomic mass is 10.1. The van der Waals surface area contributed by atoms with Gasteiger partial charge in [0.15, 0.2) is 0 Å². The normalized spacial score (nSPS) is 19.5. The average molecular weight is 341 g/mol. The number of hydrogen-bond acceptors (Lipinski definition) is 2. The summed E-state index contributed by atoms with van der Waals surface area (Å²) in [5.74, 6) is 0.915. The van der Waals surface area contributed by atoms with E-state index >= 15 is 0 Å². The van der Waals surface area contributed by atoms with Gasteiger partial charge in [-0.3, -0.25) is 0 Å². The molecule has 2 rings (SSSR count). The zero-order valence-corrected chi connectivity index (χ0v) is 12.0. The molecule has 0 aromatic heterocycles. The third-order valence-electron chi connectivity index (χ3n) is 2.68. The first-order chi connectivity index (χ1) is 8.20. The minimum Gasteiger partial charge on any atom is -0.494 e. The molecule has 1 aromatic carbocycles. The van der Waals surface area contributed by atoms with Crippen LogP contribution in [0.5, 0.6) is 5.75 Å². The number of nitrogens with one attached hydrogen (secondary N) is 1. The predicted molar refractivity (Wildman–Crippen MR) is 80.3 cm³/mol. The SMILES string of the molecule is C=C1NC(c2ccc(OCC)cc2)=CCC1I. The maximum absolute atomic E-state index is 5.43. The Morgan fingerprint density at radius 2 is 2.12 bits per heavy atom. The van der Waals surface area contributed by atoms with Gasteiger partial charge in [-0.05, 0) is 43.2 Å². The van der Waals surface area contributed by atoms with Gasteiger partial charge in [0.25, 0.3) is 0 Å². The molecule has 1 N–H and O–H groups in total. The molecule has 0 saturated heterocycles. The molecule has 0 saturated carbocycles. The van der Waals surface area contributed by atoms with E-state index in [4.69, 9.17) is 4.74 Å². The van der Waals surface area contributed by atoms with Crippen LogP contribution in [0.4, 0.5) is 0 Å². The Kier molecular flexibility index (Phi) is 4.10. The highest BCUT2D eigenvalue weighted by Gasteiger charge is 2.15. The molecule has 1 aliphatic heterocycles. The fourth-order valence-corrected chi connectivity index (χ4v) is 2.16. The summed E-state index contributed by atoms with van der Waals surface area (Å²) in [4.78, 5) is 0. The maximum Gasteiger partial charge on any atom is 0.119 e. The molecule has 0 radical (unpaired) electrons. The van der Waals surface area contributed by atoms with Crippen molar-refractivity contribution in [2.24, 2.45) is 0 Å². The smallest absolute Gasteiger partial charge is 0.119 e. The van der Waals surface area contributed by atoms with E-state index in [-0.39, 0.29) is 0 Å². The van der Waals surface area contributed by atoms with Crippen molar-refractivity contribution in [3.63, 3.8) is 0 Å². The molecule has 2 nitrogen and oxygen atoms in total. The van der Waals surface area contributed by atoms with Gasteiger partial charge < -0.3 is 10.1 Å². The van der Waals surface area contributed by atoms with Crippen molar-refractivity contribution in [1.82, 2.24) is 5.32 Å². The Bertz CT molecular complexity index is 436. The van der Waals surface area contributed by atoms with Gasteiger partial charge >= 0.3 is 0 Å². The summed E-state index contributed by atoms with van der Waals surface area (Å²) in [6, 6.07) is 8.15. The van der Waals surface area contributed by atoms with Crippen LogP contribution < -0.4 is 10.1 Å². The second-order valence-electron chi connectivity index (χ2n) is 3.93. The number of ether oxygens (including phenoxy) is 1. The molecular formula is C14H16INO. The molecule has 0 aliphatic carbocycles. The molecular weight excluding hydrogens is 325 g/mol. The molecule has 0 spiro atoms. The molecule has 0 amide bonds. The lowest BCUT2D eigenvalue weighted by molar-refractivity contribution is 0.340. The molecule has 0 bridgehead atoms. The van der Waals surface area contributed by atoms with Crippen LogP contribution in [-0.4, -0.2) is 10.5 Å². The van der Waals surface area contributed by atoms with Crippen molar-refractivity contribution in [1.29, 1.82) is 0 Å². The second-order valence-corrected chi connectivity index (χ2v) is 5.43. The van der Waals surface area contributed by atoms with Gasteiger partial charge in [-0.2, -0.15) is 0 Å². The van der Waals surface area contributed by atoms with Crippen LogP contribution in [0.1, 0.15) is 18.9 Å². The Balaban J connectivity index is 2.15. The molecule has 90 valence electrons. The standard InChI is InChI=1S/C14H16INO/c1-3-17-12-6-4-11(5-7-12)14-9-8-13(15)10(2)16-14/h4-7,9,13,16H,2-3,8H2,1H3. The van der Waals surface area contributed by atoms with E-state index in [0.717, 1.165) is 23.6 Å². The van der Waals surface area contributed by atoms with E-state index < -0.39 is 0 Å². The lowest BCUT2D eigenvalue weighted by Gasteiger charge is -2.22. The van der Waals surface area contributed by atoms with Gasteiger partial charge in [-0.25, -0.2) is 0 Å². The Hall–Kier alpha value is -0.970. The third-order valence-corrected chi connectivity index (χ3v) is 3.94. The minimum atomic E-state index is 0.485. The van der Waals surface area contributed by atoms with Crippen LogP contribution in [0, 0.1) is 0 Å². The van der Waals surface area contributed by atoms with Crippen LogP contribution in [0.3, 0.4) is 0 Å². The summed E-state index contributed by atoms with van der Waals surface area (Å²) in [6.07, 6.45) is 3.26. The van der Waals surface area contributed by atoms with E-state index in [1.807, 2.05) is 19.1 Å². The van der Waals surface area contributed by atoms with Crippen molar-refractivity contribution in [3.05, 3.63) is 48.2 Å². The van der Waals surface area contributed by atoms with Crippen LogP contribution in [0.2, 0.25) is 0 Å². The number of rotatable bonds is 3. The Labute approximate surface area is 116 Å². The molecule has 3 heteroatoms. The van der Waals surface area contributed by atoms with Crippen LogP contribution in [0.25, 0.3) is 5.70 Å². The van der Waals surface area contributed by atoms with E-state index in [1.165, 1.54) is 5.56 Å². The summed E-state index contributed by atoms with van der Waals surface area (Å²) in [7, 11) is 0. The van der Waals surface area contributed by atoms with Crippen molar-refractivity contribution >= 4 is 28.3 Å². The van der Waals surface area contributed by atoms with Crippen LogP contribution in [-0.2, 0) is 0 Å². The quantitative estimate of drug-likeness (QED) is 0.668. The van der Waals surface area contributed by atoms with Gasteiger partial charge in [-0.15, -0.1) is 0 Å². The van der Waals surface area contributed by atoms with Crippen LogP contribution in [0.15, 0.2) is 42.6 Å². The highest BCUT2D eigenvalue weighted by Crippen LogP contribution is 2.26. The van der Waals surface area contributed by atoms with E-state index in [0.29, 0.717) is 10.5 Å².